The van der Waals surface area contributed by atoms with Gasteiger partial charge < -0.3 is 10.5 Å². The van der Waals surface area contributed by atoms with Crippen molar-refractivity contribution < 1.29 is 4.74 Å². The molecule has 2 heteroatoms. The van der Waals surface area contributed by atoms with Gasteiger partial charge in [0.25, 0.3) is 0 Å². The third-order valence-electron chi connectivity index (χ3n) is 3.49. The molecule has 0 atom stereocenters. The molecule has 2 nitrogen and oxygen atoms in total. The van der Waals surface area contributed by atoms with Gasteiger partial charge in [-0.25, -0.2) is 0 Å². The molecule has 3 rings (SSSR count). The van der Waals surface area contributed by atoms with Crippen molar-refractivity contribution in [2.75, 3.05) is 5.73 Å². The molecule has 0 aliphatic rings. The van der Waals surface area contributed by atoms with Crippen LogP contribution in [0.25, 0.3) is 10.8 Å². The molecule has 0 aromatic heterocycles. The van der Waals surface area contributed by atoms with Crippen molar-refractivity contribution in [1.82, 2.24) is 0 Å². The van der Waals surface area contributed by atoms with Crippen molar-refractivity contribution in [2.45, 2.75) is 13.5 Å². The zero-order valence-electron chi connectivity index (χ0n) is 11.5. The highest BCUT2D eigenvalue weighted by molar-refractivity contribution is 5.88. The molecule has 0 saturated heterocycles. The number of aryl methyl sites for hydroxylation is 1. The minimum atomic E-state index is 0.526. The summed E-state index contributed by atoms with van der Waals surface area (Å²) in [5.41, 5.74) is 8.91. The van der Waals surface area contributed by atoms with Gasteiger partial charge in [-0.2, -0.15) is 0 Å². The topological polar surface area (TPSA) is 35.2 Å². The maximum Gasteiger partial charge on any atom is 0.127 e. The van der Waals surface area contributed by atoms with Gasteiger partial charge in [-0.3, -0.25) is 0 Å². The van der Waals surface area contributed by atoms with E-state index in [0.29, 0.717) is 6.61 Å². The van der Waals surface area contributed by atoms with E-state index in [-0.39, 0.29) is 0 Å². The van der Waals surface area contributed by atoms with E-state index in [1.807, 2.05) is 43.3 Å². The lowest BCUT2D eigenvalue weighted by Gasteiger charge is -2.10. The summed E-state index contributed by atoms with van der Waals surface area (Å²) in [4.78, 5) is 0. The first-order chi connectivity index (χ1) is 9.74. The molecule has 100 valence electrons. The zero-order chi connectivity index (χ0) is 13.9. The molecular weight excluding hydrogens is 246 g/mol. The van der Waals surface area contributed by atoms with Gasteiger partial charge >= 0.3 is 0 Å². The predicted molar refractivity (Wildman–Crippen MR) is 83.9 cm³/mol. The molecule has 20 heavy (non-hydrogen) atoms. The molecule has 0 bridgehead atoms. The Labute approximate surface area is 118 Å². The van der Waals surface area contributed by atoms with Crippen LogP contribution >= 0.6 is 0 Å². The minimum absolute atomic E-state index is 0.526. The fourth-order valence-corrected chi connectivity index (χ4v) is 2.26. The van der Waals surface area contributed by atoms with E-state index in [2.05, 4.69) is 24.3 Å². The van der Waals surface area contributed by atoms with Gasteiger partial charge in [-0.05, 0) is 35.6 Å². The summed E-state index contributed by atoms with van der Waals surface area (Å²) >= 11 is 0. The first kappa shape index (κ1) is 12.5. The Bertz CT molecular complexity index is 744. The Morgan fingerprint density at radius 3 is 2.60 bits per heavy atom. The summed E-state index contributed by atoms with van der Waals surface area (Å²) in [6.07, 6.45) is 0. The number of hydrogen-bond acceptors (Lipinski definition) is 2. The van der Waals surface area contributed by atoms with Crippen molar-refractivity contribution in [2.24, 2.45) is 0 Å². The largest absolute Gasteiger partial charge is 0.488 e. The molecule has 0 aliphatic heterocycles. The standard InChI is InChI=1S/C18H17NO/c1-13-9-10-14(11-17(13)19)12-20-18-8-4-6-15-5-2-3-7-16(15)18/h2-11H,12,19H2,1H3. The third kappa shape index (κ3) is 2.45. The van der Waals surface area contributed by atoms with Crippen LogP contribution in [0.4, 0.5) is 5.69 Å². The Hall–Kier alpha value is -2.48. The van der Waals surface area contributed by atoms with Gasteiger partial charge in [0.2, 0.25) is 0 Å². The maximum atomic E-state index is 5.94. The van der Waals surface area contributed by atoms with Crippen LogP contribution in [0.5, 0.6) is 5.75 Å². The Kier molecular flexibility index (Phi) is 3.30. The monoisotopic (exact) mass is 263 g/mol. The highest BCUT2D eigenvalue weighted by Gasteiger charge is 2.02. The van der Waals surface area contributed by atoms with E-state index < -0.39 is 0 Å². The molecule has 0 radical (unpaired) electrons. The Balaban J connectivity index is 1.85. The van der Waals surface area contributed by atoms with Crippen LogP contribution in [-0.2, 0) is 6.61 Å². The number of fused-ring (bicyclic) bond motifs is 1. The fourth-order valence-electron chi connectivity index (χ4n) is 2.26. The van der Waals surface area contributed by atoms with Gasteiger partial charge in [0.1, 0.15) is 12.4 Å². The number of ether oxygens (including phenoxy) is 1. The summed E-state index contributed by atoms with van der Waals surface area (Å²) in [5, 5.41) is 2.32. The van der Waals surface area contributed by atoms with E-state index >= 15 is 0 Å². The maximum absolute atomic E-state index is 5.94. The average Bonchev–Trinajstić information content (AvgIpc) is 2.48. The van der Waals surface area contributed by atoms with E-state index in [0.717, 1.165) is 28.0 Å². The van der Waals surface area contributed by atoms with E-state index in [4.69, 9.17) is 10.5 Å². The third-order valence-corrected chi connectivity index (χ3v) is 3.49. The second-order valence-electron chi connectivity index (χ2n) is 4.96. The molecule has 2 N–H and O–H groups in total. The molecule has 0 unspecified atom stereocenters. The molecule has 0 aliphatic carbocycles. The normalized spacial score (nSPS) is 10.7. The summed E-state index contributed by atoms with van der Waals surface area (Å²) in [5.74, 6) is 0.905. The van der Waals surface area contributed by atoms with Crippen LogP contribution in [0.15, 0.2) is 60.7 Å². The second kappa shape index (κ2) is 5.25. The molecule has 0 heterocycles. The summed E-state index contributed by atoms with van der Waals surface area (Å²) in [7, 11) is 0. The van der Waals surface area contributed by atoms with Gasteiger partial charge in [0.15, 0.2) is 0 Å². The number of nitrogen functional groups attached to an aromatic ring is 1. The Morgan fingerprint density at radius 2 is 1.75 bits per heavy atom. The summed E-state index contributed by atoms with van der Waals surface area (Å²) in [6.45, 7) is 2.53. The number of nitrogens with two attached hydrogens (primary N) is 1. The quantitative estimate of drug-likeness (QED) is 0.715. The molecular formula is C18H17NO. The van der Waals surface area contributed by atoms with Crippen molar-refractivity contribution >= 4 is 16.5 Å². The van der Waals surface area contributed by atoms with Crippen molar-refractivity contribution in [3.05, 3.63) is 71.8 Å². The zero-order valence-corrected chi connectivity index (χ0v) is 11.5. The van der Waals surface area contributed by atoms with Crippen LogP contribution in [0, 0.1) is 6.92 Å². The molecule has 3 aromatic rings. The number of rotatable bonds is 3. The first-order valence-corrected chi connectivity index (χ1v) is 6.69. The van der Waals surface area contributed by atoms with Crippen LogP contribution in [0.1, 0.15) is 11.1 Å². The summed E-state index contributed by atoms with van der Waals surface area (Å²) in [6, 6.07) is 20.4. The molecule has 0 amide bonds. The van der Waals surface area contributed by atoms with Crippen LogP contribution in [-0.4, -0.2) is 0 Å². The van der Waals surface area contributed by atoms with E-state index in [1.54, 1.807) is 0 Å². The first-order valence-electron chi connectivity index (χ1n) is 6.69. The second-order valence-corrected chi connectivity index (χ2v) is 4.96. The van der Waals surface area contributed by atoms with Gasteiger partial charge in [0, 0.05) is 11.1 Å². The van der Waals surface area contributed by atoms with Crippen LogP contribution in [0.2, 0.25) is 0 Å². The van der Waals surface area contributed by atoms with Gasteiger partial charge in [-0.1, -0.05) is 48.5 Å². The minimum Gasteiger partial charge on any atom is -0.488 e. The lowest BCUT2D eigenvalue weighted by atomic mass is 10.1. The summed E-state index contributed by atoms with van der Waals surface area (Å²) < 4.78 is 5.94. The number of anilines is 1. The lowest BCUT2D eigenvalue weighted by molar-refractivity contribution is 0.310. The van der Waals surface area contributed by atoms with Crippen LogP contribution < -0.4 is 10.5 Å². The molecule has 0 saturated carbocycles. The average molecular weight is 263 g/mol. The smallest absolute Gasteiger partial charge is 0.127 e. The molecule has 3 aromatic carbocycles. The molecule has 0 spiro atoms. The van der Waals surface area contributed by atoms with Crippen molar-refractivity contribution in [3.63, 3.8) is 0 Å². The SMILES string of the molecule is Cc1ccc(COc2cccc3ccccc23)cc1N. The van der Waals surface area contributed by atoms with Gasteiger partial charge in [0.05, 0.1) is 0 Å². The highest BCUT2D eigenvalue weighted by atomic mass is 16.5. The fraction of sp³-hybridized carbons (Fsp3) is 0.111. The van der Waals surface area contributed by atoms with E-state index in [1.165, 1.54) is 5.39 Å². The lowest BCUT2D eigenvalue weighted by Crippen LogP contribution is -1.98. The molecule has 0 fully saturated rings. The number of hydrogen-bond donors (Lipinski definition) is 1. The van der Waals surface area contributed by atoms with Gasteiger partial charge in [-0.15, -0.1) is 0 Å². The number of benzene rings is 3. The van der Waals surface area contributed by atoms with Crippen molar-refractivity contribution in [1.29, 1.82) is 0 Å². The van der Waals surface area contributed by atoms with E-state index in [9.17, 15) is 0 Å². The van der Waals surface area contributed by atoms with Crippen LogP contribution in [0.3, 0.4) is 0 Å². The highest BCUT2D eigenvalue weighted by Crippen LogP contribution is 2.26. The van der Waals surface area contributed by atoms with Crippen molar-refractivity contribution in [3.8, 4) is 5.75 Å². The Morgan fingerprint density at radius 1 is 0.950 bits per heavy atom. The predicted octanol–water partition coefficient (Wildman–Crippen LogP) is 4.31.